The third-order valence-corrected chi connectivity index (χ3v) is 5.49. The zero-order valence-electron chi connectivity index (χ0n) is 14.4. The largest absolute Gasteiger partial charge is 0.481 e. The van der Waals surface area contributed by atoms with Gasteiger partial charge in [-0.05, 0) is 31.7 Å². The van der Waals surface area contributed by atoms with Crippen LogP contribution in [0.5, 0.6) is 0 Å². The zero-order valence-corrected chi connectivity index (χ0v) is 14.4. The molecule has 6 heteroatoms. The van der Waals surface area contributed by atoms with Crippen LogP contribution in [0.25, 0.3) is 0 Å². The molecule has 0 radical (unpaired) electrons. The molecule has 0 amide bonds. The number of carbonyl (C=O) groups is 1. The van der Waals surface area contributed by atoms with Crippen molar-refractivity contribution in [3.8, 4) is 0 Å². The number of rotatable bonds is 8. The Morgan fingerprint density at radius 3 is 2.79 bits per heavy atom. The first-order valence-electron chi connectivity index (χ1n) is 9.51. The Kier molecular flexibility index (Phi) is 6.24. The van der Waals surface area contributed by atoms with Crippen molar-refractivity contribution in [1.82, 2.24) is 15.5 Å². The van der Waals surface area contributed by atoms with E-state index in [9.17, 15) is 9.90 Å². The number of carboxylic acids is 1. The fourth-order valence-corrected chi connectivity index (χ4v) is 4.11. The van der Waals surface area contributed by atoms with Crippen molar-refractivity contribution in [3.05, 3.63) is 11.7 Å². The first-order chi connectivity index (χ1) is 11.7. The molecule has 0 bridgehead atoms. The number of aromatic nitrogens is 2. The molecule has 6 nitrogen and oxygen atoms in total. The quantitative estimate of drug-likeness (QED) is 0.751. The summed E-state index contributed by atoms with van der Waals surface area (Å²) >= 11 is 0. The Morgan fingerprint density at radius 2 is 2.08 bits per heavy atom. The lowest BCUT2D eigenvalue weighted by atomic mass is 9.84. The molecule has 1 aromatic heterocycles. The number of hydrogen-bond acceptors (Lipinski definition) is 5. The van der Waals surface area contributed by atoms with Crippen molar-refractivity contribution < 1.29 is 14.4 Å². The number of nitrogens with zero attached hydrogens (tertiary/aromatic N) is 2. The van der Waals surface area contributed by atoms with Gasteiger partial charge in [-0.3, -0.25) is 4.79 Å². The lowest BCUT2D eigenvalue weighted by Crippen LogP contribution is -2.14. The summed E-state index contributed by atoms with van der Waals surface area (Å²) in [4.78, 5) is 15.7. The minimum Gasteiger partial charge on any atom is -0.481 e. The van der Waals surface area contributed by atoms with Crippen LogP contribution in [0.1, 0.15) is 94.3 Å². The van der Waals surface area contributed by atoms with Gasteiger partial charge in [0.2, 0.25) is 5.89 Å². The standard InChI is InChI=1S/C18H29N3O3/c22-16(23)12-14(9-4-8-13-6-2-1-3-7-13)18-20-17(21-24-18)15-10-5-11-19-15/h13-15,19H,1-12H2,(H,22,23)/t14-,15?/m1/s1. The molecule has 2 fully saturated rings. The van der Waals surface area contributed by atoms with E-state index in [1.807, 2.05) is 0 Å². The van der Waals surface area contributed by atoms with Gasteiger partial charge in [-0.2, -0.15) is 4.98 Å². The highest BCUT2D eigenvalue weighted by atomic mass is 16.5. The van der Waals surface area contributed by atoms with E-state index in [2.05, 4.69) is 15.5 Å². The predicted molar refractivity (Wildman–Crippen MR) is 89.7 cm³/mol. The number of hydrogen-bond donors (Lipinski definition) is 2. The topological polar surface area (TPSA) is 88.2 Å². The van der Waals surface area contributed by atoms with E-state index in [1.165, 1.54) is 38.5 Å². The van der Waals surface area contributed by atoms with Gasteiger partial charge >= 0.3 is 5.97 Å². The summed E-state index contributed by atoms with van der Waals surface area (Å²) < 4.78 is 5.42. The molecule has 1 aliphatic carbocycles. The molecule has 2 aliphatic rings. The molecule has 134 valence electrons. The highest BCUT2D eigenvalue weighted by molar-refractivity contribution is 5.67. The van der Waals surface area contributed by atoms with Gasteiger partial charge in [0.05, 0.1) is 12.5 Å². The third kappa shape index (κ3) is 4.79. The van der Waals surface area contributed by atoms with Crippen LogP contribution in [-0.2, 0) is 4.79 Å². The van der Waals surface area contributed by atoms with E-state index in [-0.39, 0.29) is 18.4 Å². The minimum atomic E-state index is -0.795. The van der Waals surface area contributed by atoms with E-state index in [0.29, 0.717) is 11.7 Å². The maximum atomic E-state index is 11.2. The van der Waals surface area contributed by atoms with Crippen LogP contribution in [0.2, 0.25) is 0 Å². The monoisotopic (exact) mass is 335 g/mol. The summed E-state index contributed by atoms with van der Waals surface area (Å²) in [5, 5.41) is 16.6. The molecule has 1 aliphatic heterocycles. The summed E-state index contributed by atoms with van der Waals surface area (Å²) in [5.74, 6) is 1.06. The van der Waals surface area contributed by atoms with Gasteiger partial charge in [0.15, 0.2) is 5.82 Å². The van der Waals surface area contributed by atoms with Gasteiger partial charge in [0, 0.05) is 5.92 Å². The fraction of sp³-hybridized carbons (Fsp3) is 0.833. The lowest BCUT2D eigenvalue weighted by Gasteiger charge is -2.21. The minimum absolute atomic E-state index is 0.0738. The molecular formula is C18H29N3O3. The first-order valence-corrected chi connectivity index (χ1v) is 9.51. The molecule has 0 aromatic carbocycles. The van der Waals surface area contributed by atoms with Gasteiger partial charge in [-0.15, -0.1) is 0 Å². The van der Waals surface area contributed by atoms with Crippen molar-refractivity contribution >= 4 is 5.97 Å². The van der Waals surface area contributed by atoms with Crippen LogP contribution in [0, 0.1) is 5.92 Å². The second-order valence-corrected chi connectivity index (χ2v) is 7.37. The molecule has 2 N–H and O–H groups in total. The second-order valence-electron chi connectivity index (χ2n) is 7.37. The van der Waals surface area contributed by atoms with E-state index >= 15 is 0 Å². The molecule has 24 heavy (non-hydrogen) atoms. The molecule has 1 saturated carbocycles. The summed E-state index contributed by atoms with van der Waals surface area (Å²) in [6, 6.07) is 0.162. The van der Waals surface area contributed by atoms with Crippen LogP contribution < -0.4 is 5.32 Å². The van der Waals surface area contributed by atoms with E-state index in [4.69, 9.17) is 4.52 Å². The molecule has 3 rings (SSSR count). The van der Waals surface area contributed by atoms with E-state index in [0.717, 1.165) is 38.1 Å². The highest BCUT2D eigenvalue weighted by Gasteiger charge is 2.26. The van der Waals surface area contributed by atoms with Gasteiger partial charge in [0.1, 0.15) is 0 Å². The van der Waals surface area contributed by atoms with Gasteiger partial charge in [0.25, 0.3) is 0 Å². The molecule has 0 spiro atoms. The molecule has 1 saturated heterocycles. The van der Waals surface area contributed by atoms with Crippen LogP contribution in [0.15, 0.2) is 4.52 Å². The zero-order chi connectivity index (χ0) is 16.8. The van der Waals surface area contributed by atoms with Crippen LogP contribution in [0.3, 0.4) is 0 Å². The Bertz CT molecular complexity index is 519. The number of aliphatic carboxylic acids is 1. The average molecular weight is 335 g/mol. The van der Waals surface area contributed by atoms with Gasteiger partial charge in [-0.25, -0.2) is 0 Å². The summed E-state index contributed by atoms with van der Waals surface area (Å²) in [5.41, 5.74) is 0. The smallest absolute Gasteiger partial charge is 0.304 e. The molecule has 2 heterocycles. The Balaban J connectivity index is 1.55. The molecule has 2 atom stereocenters. The summed E-state index contributed by atoms with van der Waals surface area (Å²) in [7, 11) is 0. The van der Waals surface area contributed by atoms with Crippen LogP contribution >= 0.6 is 0 Å². The SMILES string of the molecule is O=C(O)C[C@@H](CCCC1CCCCC1)c1nc(C2CCCN2)no1. The maximum Gasteiger partial charge on any atom is 0.304 e. The van der Waals surface area contributed by atoms with Crippen molar-refractivity contribution in [3.63, 3.8) is 0 Å². The van der Waals surface area contributed by atoms with Crippen molar-refractivity contribution in [2.24, 2.45) is 5.92 Å². The summed E-state index contributed by atoms with van der Waals surface area (Å²) in [6.45, 7) is 0.981. The van der Waals surface area contributed by atoms with E-state index < -0.39 is 5.97 Å². The lowest BCUT2D eigenvalue weighted by molar-refractivity contribution is -0.137. The van der Waals surface area contributed by atoms with Crippen LogP contribution in [0.4, 0.5) is 0 Å². The highest BCUT2D eigenvalue weighted by Crippen LogP contribution is 2.31. The third-order valence-electron chi connectivity index (χ3n) is 5.49. The van der Waals surface area contributed by atoms with Crippen molar-refractivity contribution in [2.75, 3.05) is 6.54 Å². The Labute approximate surface area is 143 Å². The Morgan fingerprint density at radius 1 is 1.25 bits per heavy atom. The molecular weight excluding hydrogens is 306 g/mol. The van der Waals surface area contributed by atoms with Gasteiger partial charge in [-0.1, -0.05) is 50.1 Å². The number of carboxylic acid groups (broad SMARTS) is 1. The van der Waals surface area contributed by atoms with Crippen molar-refractivity contribution in [1.29, 1.82) is 0 Å². The summed E-state index contributed by atoms with van der Waals surface area (Å²) in [6.07, 6.45) is 12.0. The molecule has 1 aromatic rings. The average Bonchev–Trinajstić information content (AvgIpc) is 3.26. The van der Waals surface area contributed by atoms with E-state index in [1.54, 1.807) is 0 Å². The normalized spacial score (nSPS) is 23.4. The van der Waals surface area contributed by atoms with Gasteiger partial charge < -0.3 is 14.9 Å². The van der Waals surface area contributed by atoms with Crippen molar-refractivity contribution in [2.45, 2.75) is 82.6 Å². The number of nitrogens with one attached hydrogen (secondary N) is 1. The Hall–Kier alpha value is -1.43. The van der Waals surface area contributed by atoms with Crippen LogP contribution in [-0.4, -0.2) is 27.8 Å². The molecule has 1 unspecified atom stereocenters. The maximum absolute atomic E-state index is 11.2. The fourth-order valence-electron chi connectivity index (χ4n) is 4.11. The first kappa shape index (κ1) is 17.4. The predicted octanol–water partition coefficient (Wildman–Crippen LogP) is 3.80. The second kappa shape index (κ2) is 8.60.